The monoisotopic (exact) mass is 231 g/mol. The highest BCUT2D eigenvalue weighted by Gasteiger charge is 2.41. The molecule has 4 nitrogen and oxygen atoms in total. The Morgan fingerprint density at radius 2 is 1.80 bits per heavy atom. The standard InChI is InChI=1S/C10H21NO3Si/c1-12-15(2,3)6-4-5-11(9-7-13-9)10-8-14-10/h9-10H,4-8H2,1-3H3. The second kappa shape index (κ2) is 4.51. The predicted molar refractivity (Wildman–Crippen MR) is 60.1 cm³/mol. The summed E-state index contributed by atoms with van der Waals surface area (Å²) in [7, 11) is 0.450. The molecule has 0 aromatic carbocycles. The fraction of sp³-hybridized carbons (Fsp3) is 1.00. The van der Waals surface area contributed by atoms with Gasteiger partial charge in [-0.15, -0.1) is 0 Å². The molecule has 2 aliphatic heterocycles. The lowest BCUT2D eigenvalue weighted by Crippen LogP contribution is -2.34. The Hall–Kier alpha value is 0.0569. The SMILES string of the molecule is CO[Si](C)(C)CCCN(C1CO1)C1CO1. The molecule has 0 saturated carbocycles. The van der Waals surface area contributed by atoms with E-state index in [-0.39, 0.29) is 0 Å². The van der Waals surface area contributed by atoms with Crippen LogP contribution < -0.4 is 0 Å². The van der Waals surface area contributed by atoms with Gasteiger partial charge in [0.25, 0.3) is 0 Å². The molecule has 0 radical (unpaired) electrons. The maximum absolute atomic E-state index is 5.53. The van der Waals surface area contributed by atoms with Crippen LogP contribution in [0.15, 0.2) is 0 Å². The molecule has 0 N–H and O–H groups in total. The van der Waals surface area contributed by atoms with Gasteiger partial charge in [0.1, 0.15) is 12.5 Å². The summed E-state index contributed by atoms with van der Waals surface area (Å²) in [5.41, 5.74) is 0. The van der Waals surface area contributed by atoms with Crippen molar-refractivity contribution < 1.29 is 13.9 Å². The van der Waals surface area contributed by atoms with Crippen LogP contribution in [-0.2, 0) is 13.9 Å². The van der Waals surface area contributed by atoms with Crippen molar-refractivity contribution in [3.05, 3.63) is 0 Å². The van der Waals surface area contributed by atoms with Crippen LogP contribution in [-0.4, -0.2) is 52.5 Å². The average molecular weight is 231 g/mol. The summed E-state index contributed by atoms with van der Waals surface area (Å²) in [6.07, 6.45) is 1.86. The molecule has 2 heterocycles. The summed E-state index contributed by atoms with van der Waals surface area (Å²) < 4.78 is 16.1. The van der Waals surface area contributed by atoms with E-state index in [1.165, 1.54) is 12.5 Å². The van der Waals surface area contributed by atoms with Gasteiger partial charge in [-0.2, -0.15) is 0 Å². The second-order valence-electron chi connectivity index (χ2n) is 4.88. The number of epoxide rings is 2. The molecule has 15 heavy (non-hydrogen) atoms. The molecule has 0 amide bonds. The van der Waals surface area contributed by atoms with Gasteiger partial charge in [0.15, 0.2) is 8.32 Å². The van der Waals surface area contributed by atoms with Crippen molar-refractivity contribution >= 4 is 8.32 Å². The summed E-state index contributed by atoms with van der Waals surface area (Å²) in [5, 5.41) is 0. The summed E-state index contributed by atoms with van der Waals surface area (Å²) in [5.74, 6) is 0. The van der Waals surface area contributed by atoms with E-state index in [9.17, 15) is 0 Å². The molecule has 2 aliphatic rings. The third-order valence-electron chi connectivity index (χ3n) is 3.12. The molecule has 2 fully saturated rings. The van der Waals surface area contributed by atoms with Gasteiger partial charge in [0.05, 0.1) is 13.2 Å². The van der Waals surface area contributed by atoms with E-state index in [0.29, 0.717) is 12.5 Å². The molecular formula is C10H21NO3Si. The zero-order valence-corrected chi connectivity index (χ0v) is 10.9. The molecule has 0 spiro atoms. The van der Waals surface area contributed by atoms with Crippen LogP contribution in [0.3, 0.4) is 0 Å². The van der Waals surface area contributed by atoms with E-state index < -0.39 is 8.32 Å². The molecular weight excluding hydrogens is 210 g/mol. The zero-order valence-electron chi connectivity index (χ0n) is 9.86. The Morgan fingerprint density at radius 3 is 2.20 bits per heavy atom. The Kier molecular flexibility index (Phi) is 3.47. The Labute approximate surface area is 92.6 Å². The first kappa shape index (κ1) is 11.5. The summed E-state index contributed by atoms with van der Waals surface area (Å²) in [6, 6.07) is 1.21. The van der Waals surface area contributed by atoms with E-state index >= 15 is 0 Å². The van der Waals surface area contributed by atoms with Crippen molar-refractivity contribution in [1.29, 1.82) is 0 Å². The van der Waals surface area contributed by atoms with Gasteiger partial charge in [0, 0.05) is 13.7 Å². The molecule has 0 aromatic rings. The highest BCUT2D eigenvalue weighted by molar-refractivity contribution is 6.71. The fourth-order valence-electron chi connectivity index (χ4n) is 1.73. The van der Waals surface area contributed by atoms with Crippen LogP contribution in [0.2, 0.25) is 19.1 Å². The van der Waals surface area contributed by atoms with Crippen molar-refractivity contribution in [1.82, 2.24) is 4.90 Å². The van der Waals surface area contributed by atoms with Crippen LogP contribution >= 0.6 is 0 Å². The van der Waals surface area contributed by atoms with E-state index in [1.54, 1.807) is 0 Å². The van der Waals surface area contributed by atoms with Crippen molar-refractivity contribution in [2.24, 2.45) is 0 Å². The topological polar surface area (TPSA) is 37.5 Å². The highest BCUT2D eigenvalue weighted by atomic mass is 28.4. The van der Waals surface area contributed by atoms with E-state index in [4.69, 9.17) is 13.9 Å². The van der Waals surface area contributed by atoms with Gasteiger partial charge in [0.2, 0.25) is 0 Å². The summed E-state index contributed by atoms with van der Waals surface area (Å²) in [6.45, 7) is 7.36. The predicted octanol–water partition coefficient (Wildman–Crippen LogP) is 1.24. The minimum absolute atomic E-state index is 0.338. The fourth-order valence-corrected chi connectivity index (χ4v) is 2.95. The minimum atomic E-state index is -1.38. The minimum Gasteiger partial charge on any atom is -0.420 e. The first-order chi connectivity index (χ1) is 7.12. The molecule has 2 rings (SSSR count). The van der Waals surface area contributed by atoms with Crippen LogP contribution in [0.4, 0.5) is 0 Å². The molecule has 5 heteroatoms. The van der Waals surface area contributed by atoms with Gasteiger partial charge >= 0.3 is 0 Å². The third-order valence-corrected chi connectivity index (χ3v) is 5.78. The molecule has 0 aromatic heterocycles. The largest absolute Gasteiger partial charge is 0.420 e. The van der Waals surface area contributed by atoms with Gasteiger partial charge in [-0.25, -0.2) is 4.90 Å². The average Bonchev–Trinajstić information content (AvgIpc) is 3.01. The van der Waals surface area contributed by atoms with Crippen LogP contribution in [0, 0.1) is 0 Å². The first-order valence-corrected chi connectivity index (χ1v) is 8.78. The lowest BCUT2D eigenvalue weighted by atomic mass is 10.4. The number of ether oxygens (including phenoxy) is 2. The smallest absolute Gasteiger partial charge is 0.186 e. The Balaban J connectivity index is 1.67. The highest BCUT2D eigenvalue weighted by Crippen LogP contribution is 2.26. The number of nitrogens with zero attached hydrogens (tertiary/aromatic N) is 1. The molecule has 2 unspecified atom stereocenters. The van der Waals surface area contributed by atoms with E-state index in [1.807, 2.05) is 7.11 Å². The lowest BCUT2D eigenvalue weighted by molar-refractivity contribution is 0.113. The van der Waals surface area contributed by atoms with E-state index in [2.05, 4.69) is 18.0 Å². The summed E-state index contributed by atoms with van der Waals surface area (Å²) >= 11 is 0. The first-order valence-electron chi connectivity index (χ1n) is 5.66. The third kappa shape index (κ3) is 3.53. The van der Waals surface area contributed by atoms with Crippen molar-refractivity contribution in [2.45, 2.75) is 38.0 Å². The van der Waals surface area contributed by atoms with Crippen molar-refractivity contribution in [2.75, 3.05) is 26.9 Å². The molecule has 2 atom stereocenters. The molecule has 88 valence electrons. The zero-order chi connectivity index (χ0) is 10.9. The van der Waals surface area contributed by atoms with Gasteiger partial charge in [-0.3, -0.25) is 0 Å². The van der Waals surface area contributed by atoms with E-state index in [0.717, 1.165) is 19.8 Å². The molecule has 2 saturated heterocycles. The van der Waals surface area contributed by atoms with Crippen molar-refractivity contribution in [3.63, 3.8) is 0 Å². The normalized spacial score (nSPS) is 29.6. The van der Waals surface area contributed by atoms with Gasteiger partial charge in [-0.05, 0) is 25.6 Å². The lowest BCUT2D eigenvalue weighted by Gasteiger charge is -2.22. The van der Waals surface area contributed by atoms with Crippen LogP contribution in [0.5, 0.6) is 0 Å². The maximum atomic E-state index is 5.53. The van der Waals surface area contributed by atoms with Gasteiger partial charge in [-0.1, -0.05) is 0 Å². The van der Waals surface area contributed by atoms with Crippen molar-refractivity contribution in [3.8, 4) is 0 Å². The Bertz CT molecular complexity index is 205. The molecule has 0 aliphatic carbocycles. The second-order valence-corrected chi connectivity index (χ2v) is 9.31. The van der Waals surface area contributed by atoms with Gasteiger partial charge < -0.3 is 13.9 Å². The quantitative estimate of drug-likeness (QED) is 0.488. The summed E-state index contributed by atoms with van der Waals surface area (Å²) in [4.78, 5) is 2.33. The Morgan fingerprint density at radius 1 is 1.27 bits per heavy atom. The number of rotatable bonds is 7. The number of hydrogen-bond donors (Lipinski definition) is 0. The molecule has 0 bridgehead atoms. The van der Waals surface area contributed by atoms with Crippen LogP contribution in [0.25, 0.3) is 0 Å². The maximum Gasteiger partial charge on any atom is 0.186 e. The number of hydrogen-bond acceptors (Lipinski definition) is 4. The van der Waals surface area contributed by atoms with Crippen LogP contribution in [0.1, 0.15) is 6.42 Å².